The monoisotopic (exact) mass is 251 g/mol. The predicted octanol–water partition coefficient (Wildman–Crippen LogP) is 2.64. The Morgan fingerprint density at radius 3 is 2.86 bits per heavy atom. The smallest absolute Gasteiger partial charge is 0.124 e. The average molecular weight is 252 g/mol. The lowest BCUT2D eigenvalue weighted by atomic mass is 10.1. The topological polar surface area (TPSA) is 23.8 Å². The van der Waals surface area contributed by atoms with Crippen LogP contribution in [0.3, 0.4) is 0 Å². The molecule has 0 unspecified atom stereocenters. The molecular formula is C11H7BrFN. The van der Waals surface area contributed by atoms with E-state index in [1.165, 1.54) is 12.1 Å². The Bertz CT molecular complexity index is 423. The summed E-state index contributed by atoms with van der Waals surface area (Å²) in [6.07, 6.45) is 0.257. The number of rotatable bonds is 1. The van der Waals surface area contributed by atoms with Gasteiger partial charge < -0.3 is 0 Å². The summed E-state index contributed by atoms with van der Waals surface area (Å²) in [6, 6.07) is 6.30. The molecule has 0 atom stereocenters. The minimum atomic E-state index is -0.328. The van der Waals surface area contributed by atoms with E-state index in [0.717, 1.165) is 5.56 Å². The maximum Gasteiger partial charge on any atom is 0.124 e. The first-order valence-corrected chi connectivity index (χ1v) is 5.10. The number of hydrogen-bond donors (Lipinski definition) is 0. The van der Waals surface area contributed by atoms with Crippen molar-refractivity contribution >= 4 is 15.9 Å². The molecule has 1 rings (SSSR count). The number of nitrogens with zero attached hydrogens (tertiary/aromatic N) is 1. The Hall–Kier alpha value is -1.32. The lowest BCUT2D eigenvalue weighted by Gasteiger charge is -1.98. The standard InChI is InChI=1S/C11H7BrFN/c12-6-1-2-10-8-11(13)4-3-9(10)5-7-14/h3-4,8H,5-6H2. The molecule has 0 aliphatic rings. The van der Waals surface area contributed by atoms with Crippen LogP contribution >= 0.6 is 15.9 Å². The van der Waals surface area contributed by atoms with Crippen molar-refractivity contribution in [3.8, 4) is 17.9 Å². The summed E-state index contributed by atoms with van der Waals surface area (Å²) in [5, 5.41) is 9.07. The molecule has 0 fully saturated rings. The van der Waals surface area contributed by atoms with E-state index in [4.69, 9.17) is 5.26 Å². The number of benzene rings is 1. The molecule has 0 radical (unpaired) electrons. The molecule has 0 N–H and O–H groups in total. The Balaban J connectivity index is 3.10. The fourth-order valence-electron chi connectivity index (χ4n) is 1.03. The van der Waals surface area contributed by atoms with Crippen LogP contribution in [0.4, 0.5) is 4.39 Å². The highest BCUT2D eigenvalue weighted by molar-refractivity contribution is 9.09. The third kappa shape index (κ3) is 2.87. The van der Waals surface area contributed by atoms with E-state index in [1.54, 1.807) is 6.07 Å². The molecule has 0 saturated heterocycles. The summed E-state index contributed by atoms with van der Waals surface area (Å²) in [7, 11) is 0. The van der Waals surface area contributed by atoms with Crippen molar-refractivity contribution in [2.24, 2.45) is 0 Å². The number of halogens is 2. The maximum absolute atomic E-state index is 12.9. The molecule has 1 aromatic carbocycles. The van der Waals surface area contributed by atoms with Crippen molar-refractivity contribution in [2.75, 3.05) is 5.33 Å². The predicted molar refractivity (Wildman–Crippen MR) is 56.4 cm³/mol. The van der Waals surface area contributed by atoms with E-state index < -0.39 is 0 Å². The lowest BCUT2D eigenvalue weighted by Crippen LogP contribution is -1.89. The molecule has 0 heterocycles. The minimum Gasteiger partial charge on any atom is -0.207 e. The Morgan fingerprint density at radius 1 is 1.43 bits per heavy atom. The second-order valence-corrected chi connectivity index (χ2v) is 3.13. The van der Waals surface area contributed by atoms with Crippen molar-refractivity contribution in [3.63, 3.8) is 0 Å². The normalized spacial score (nSPS) is 8.64. The third-order valence-electron chi connectivity index (χ3n) is 1.63. The van der Waals surface area contributed by atoms with Gasteiger partial charge in [-0.25, -0.2) is 4.39 Å². The lowest BCUT2D eigenvalue weighted by molar-refractivity contribution is 0.627. The molecule has 0 spiro atoms. The summed E-state index contributed by atoms with van der Waals surface area (Å²) in [5.41, 5.74) is 1.35. The van der Waals surface area contributed by atoms with Crippen LogP contribution in [0.1, 0.15) is 11.1 Å². The molecule has 0 aliphatic heterocycles. The third-order valence-corrected chi connectivity index (χ3v) is 1.91. The average Bonchev–Trinajstić information content (AvgIpc) is 2.18. The van der Waals surface area contributed by atoms with E-state index in [1.807, 2.05) is 6.07 Å². The molecule has 0 saturated carbocycles. The number of nitriles is 1. The molecule has 0 aromatic heterocycles. The first kappa shape index (κ1) is 10.8. The molecule has 14 heavy (non-hydrogen) atoms. The van der Waals surface area contributed by atoms with Gasteiger partial charge in [0.2, 0.25) is 0 Å². The minimum absolute atomic E-state index is 0.257. The van der Waals surface area contributed by atoms with Gasteiger partial charge in [0.15, 0.2) is 0 Å². The van der Waals surface area contributed by atoms with Crippen LogP contribution in [0.2, 0.25) is 0 Å². The zero-order valence-corrected chi connectivity index (χ0v) is 8.94. The van der Waals surface area contributed by atoms with E-state index in [9.17, 15) is 4.39 Å². The van der Waals surface area contributed by atoms with E-state index in [0.29, 0.717) is 10.9 Å². The first-order chi connectivity index (χ1) is 6.77. The van der Waals surface area contributed by atoms with Gasteiger partial charge in [0.05, 0.1) is 17.8 Å². The highest BCUT2D eigenvalue weighted by Crippen LogP contribution is 2.10. The Kier molecular flexibility index (Phi) is 4.16. The van der Waals surface area contributed by atoms with Crippen LogP contribution in [0.15, 0.2) is 18.2 Å². The van der Waals surface area contributed by atoms with Gasteiger partial charge in [0, 0.05) is 5.56 Å². The summed E-state index contributed by atoms with van der Waals surface area (Å²) in [4.78, 5) is 0. The zero-order valence-electron chi connectivity index (χ0n) is 7.35. The van der Waals surface area contributed by atoms with E-state index in [-0.39, 0.29) is 12.2 Å². The van der Waals surface area contributed by atoms with Crippen molar-refractivity contribution in [3.05, 3.63) is 35.1 Å². The fourth-order valence-corrected chi connectivity index (χ4v) is 1.17. The van der Waals surface area contributed by atoms with Gasteiger partial charge >= 0.3 is 0 Å². The largest absolute Gasteiger partial charge is 0.207 e. The van der Waals surface area contributed by atoms with Gasteiger partial charge in [-0.05, 0) is 17.7 Å². The molecule has 0 amide bonds. The highest BCUT2D eigenvalue weighted by Gasteiger charge is 2.00. The summed E-state index contributed by atoms with van der Waals surface area (Å²) >= 11 is 3.16. The van der Waals surface area contributed by atoms with Crippen LogP contribution in [0, 0.1) is 29.0 Å². The molecular weight excluding hydrogens is 245 g/mol. The van der Waals surface area contributed by atoms with Crippen molar-refractivity contribution < 1.29 is 4.39 Å². The zero-order chi connectivity index (χ0) is 10.4. The van der Waals surface area contributed by atoms with Crippen LogP contribution in [0.5, 0.6) is 0 Å². The fraction of sp³-hybridized carbons (Fsp3) is 0.182. The second-order valence-electron chi connectivity index (χ2n) is 2.57. The van der Waals surface area contributed by atoms with Gasteiger partial charge in [-0.15, -0.1) is 0 Å². The molecule has 0 bridgehead atoms. The van der Waals surface area contributed by atoms with Gasteiger partial charge in [0.1, 0.15) is 5.82 Å². The SMILES string of the molecule is N#CCc1ccc(F)cc1C#CCBr. The van der Waals surface area contributed by atoms with Gasteiger partial charge in [0.25, 0.3) is 0 Å². The van der Waals surface area contributed by atoms with E-state index in [2.05, 4.69) is 27.8 Å². The molecule has 0 aliphatic carbocycles. The van der Waals surface area contributed by atoms with Gasteiger partial charge in [-0.3, -0.25) is 0 Å². The first-order valence-electron chi connectivity index (χ1n) is 3.98. The van der Waals surface area contributed by atoms with E-state index >= 15 is 0 Å². The van der Waals surface area contributed by atoms with Gasteiger partial charge in [-0.1, -0.05) is 33.8 Å². The van der Waals surface area contributed by atoms with Gasteiger partial charge in [-0.2, -0.15) is 5.26 Å². The van der Waals surface area contributed by atoms with Crippen molar-refractivity contribution in [1.82, 2.24) is 0 Å². The van der Waals surface area contributed by atoms with Crippen molar-refractivity contribution in [2.45, 2.75) is 6.42 Å². The number of hydrogen-bond acceptors (Lipinski definition) is 1. The molecule has 3 heteroatoms. The van der Waals surface area contributed by atoms with Crippen LogP contribution in [-0.2, 0) is 6.42 Å². The van der Waals surface area contributed by atoms with Crippen LogP contribution < -0.4 is 0 Å². The molecule has 70 valence electrons. The number of alkyl halides is 1. The molecule has 1 aromatic rings. The van der Waals surface area contributed by atoms with Crippen LogP contribution in [-0.4, -0.2) is 5.33 Å². The summed E-state index contributed by atoms with van der Waals surface area (Å²) < 4.78 is 12.9. The Morgan fingerprint density at radius 2 is 2.21 bits per heavy atom. The van der Waals surface area contributed by atoms with Crippen molar-refractivity contribution in [1.29, 1.82) is 5.26 Å². The molecule has 1 nitrogen and oxygen atoms in total. The highest BCUT2D eigenvalue weighted by atomic mass is 79.9. The van der Waals surface area contributed by atoms with Crippen LogP contribution in [0.25, 0.3) is 0 Å². The second kappa shape index (κ2) is 5.42. The summed E-state index contributed by atoms with van der Waals surface area (Å²) in [6.45, 7) is 0. The Labute approximate surface area is 90.7 Å². The summed E-state index contributed by atoms with van der Waals surface area (Å²) in [5.74, 6) is 5.25. The quantitative estimate of drug-likeness (QED) is 0.556. The maximum atomic E-state index is 12.9.